The monoisotopic (exact) mass is 308 g/mol. The van der Waals surface area contributed by atoms with Gasteiger partial charge >= 0.3 is 0 Å². The standard InChI is InChI=1S/C15H14BrFO/c1-2-12-5-3-4-6-14(12)18-15-8-7-11(10-16)9-13(15)17/h3-9H,2,10H2,1H3. The Balaban J connectivity index is 2.28. The van der Waals surface area contributed by atoms with E-state index >= 15 is 0 Å². The van der Waals surface area contributed by atoms with E-state index < -0.39 is 0 Å². The predicted molar refractivity (Wildman–Crippen MR) is 74.9 cm³/mol. The van der Waals surface area contributed by atoms with Gasteiger partial charge in [0.25, 0.3) is 0 Å². The van der Waals surface area contributed by atoms with Crippen LogP contribution in [0.15, 0.2) is 42.5 Å². The van der Waals surface area contributed by atoms with E-state index in [2.05, 4.69) is 15.9 Å². The van der Waals surface area contributed by atoms with Crippen LogP contribution in [0.4, 0.5) is 4.39 Å². The van der Waals surface area contributed by atoms with Crippen molar-refractivity contribution in [1.29, 1.82) is 0 Å². The van der Waals surface area contributed by atoms with Gasteiger partial charge in [0.2, 0.25) is 0 Å². The number of alkyl halides is 1. The molecule has 1 nitrogen and oxygen atoms in total. The van der Waals surface area contributed by atoms with Crippen LogP contribution >= 0.6 is 15.9 Å². The highest BCUT2D eigenvalue weighted by atomic mass is 79.9. The molecule has 0 aliphatic heterocycles. The molecule has 0 unspecified atom stereocenters. The average Bonchev–Trinajstić information content (AvgIpc) is 2.41. The van der Waals surface area contributed by atoms with E-state index in [1.165, 1.54) is 6.07 Å². The second kappa shape index (κ2) is 6.01. The number of para-hydroxylation sites is 1. The Kier molecular flexibility index (Phi) is 4.37. The minimum Gasteiger partial charge on any atom is -0.454 e. The summed E-state index contributed by atoms with van der Waals surface area (Å²) in [5.41, 5.74) is 1.96. The van der Waals surface area contributed by atoms with Crippen LogP contribution in [-0.4, -0.2) is 0 Å². The molecule has 0 atom stereocenters. The quantitative estimate of drug-likeness (QED) is 0.716. The summed E-state index contributed by atoms with van der Waals surface area (Å²) in [5, 5.41) is 0.635. The van der Waals surface area contributed by atoms with Crippen molar-refractivity contribution in [2.75, 3.05) is 0 Å². The number of aryl methyl sites for hydroxylation is 1. The normalized spacial score (nSPS) is 10.4. The van der Waals surface area contributed by atoms with Gasteiger partial charge in [0.05, 0.1) is 0 Å². The minimum atomic E-state index is -0.335. The molecule has 0 aliphatic carbocycles. The Morgan fingerprint density at radius 1 is 1.11 bits per heavy atom. The summed E-state index contributed by atoms with van der Waals surface area (Å²) in [6, 6.07) is 12.7. The van der Waals surface area contributed by atoms with Crippen LogP contribution in [-0.2, 0) is 11.8 Å². The summed E-state index contributed by atoms with van der Waals surface area (Å²) < 4.78 is 19.5. The lowest BCUT2D eigenvalue weighted by atomic mass is 10.1. The third-order valence-electron chi connectivity index (χ3n) is 2.72. The summed E-state index contributed by atoms with van der Waals surface area (Å²) in [7, 11) is 0. The number of benzene rings is 2. The molecule has 0 amide bonds. The van der Waals surface area contributed by atoms with Crippen LogP contribution < -0.4 is 4.74 Å². The van der Waals surface area contributed by atoms with Gasteiger partial charge < -0.3 is 4.74 Å². The van der Waals surface area contributed by atoms with Crippen molar-refractivity contribution < 1.29 is 9.13 Å². The Bertz CT molecular complexity index is 540. The molecule has 2 aromatic carbocycles. The molecular formula is C15H14BrFO. The molecule has 0 aliphatic rings. The maximum Gasteiger partial charge on any atom is 0.166 e. The summed E-state index contributed by atoms with van der Waals surface area (Å²) in [6.45, 7) is 2.05. The number of halogens is 2. The molecule has 0 N–H and O–H groups in total. The SMILES string of the molecule is CCc1ccccc1Oc1ccc(CBr)cc1F. The third kappa shape index (κ3) is 2.91. The Morgan fingerprint density at radius 2 is 1.89 bits per heavy atom. The Hall–Kier alpha value is -1.35. The average molecular weight is 309 g/mol. The topological polar surface area (TPSA) is 9.23 Å². The molecule has 3 heteroatoms. The van der Waals surface area contributed by atoms with Crippen LogP contribution in [0.3, 0.4) is 0 Å². The van der Waals surface area contributed by atoms with Crippen LogP contribution in [0, 0.1) is 5.82 Å². The highest BCUT2D eigenvalue weighted by Crippen LogP contribution is 2.28. The first kappa shape index (κ1) is 13.1. The fraction of sp³-hybridized carbons (Fsp3) is 0.200. The zero-order chi connectivity index (χ0) is 13.0. The van der Waals surface area contributed by atoms with Crippen molar-refractivity contribution in [3.63, 3.8) is 0 Å². The van der Waals surface area contributed by atoms with Crippen LogP contribution in [0.5, 0.6) is 11.5 Å². The summed E-state index contributed by atoms with van der Waals surface area (Å²) in [4.78, 5) is 0. The number of hydrogen-bond acceptors (Lipinski definition) is 1. The maximum atomic E-state index is 13.8. The lowest BCUT2D eigenvalue weighted by molar-refractivity contribution is 0.438. The molecule has 0 radical (unpaired) electrons. The van der Waals surface area contributed by atoms with E-state index in [1.807, 2.05) is 37.3 Å². The number of rotatable bonds is 4. The molecule has 0 heterocycles. The van der Waals surface area contributed by atoms with Crippen molar-refractivity contribution in [2.45, 2.75) is 18.7 Å². The second-order valence-electron chi connectivity index (χ2n) is 3.96. The molecule has 0 bridgehead atoms. The fourth-order valence-corrected chi connectivity index (χ4v) is 2.07. The van der Waals surface area contributed by atoms with Crippen molar-refractivity contribution >= 4 is 15.9 Å². The molecule has 94 valence electrons. The van der Waals surface area contributed by atoms with Gasteiger partial charge in [-0.25, -0.2) is 4.39 Å². The molecule has 2 rings (SSSR count). The molecule has 0 saturated carbocycles. The highest BCUT2D eigenvalue weighted by molar-refractivity contribution is 9.08. The molecular weight excluding hydrogens is 295 g/mol. The lowest BCUT2D eigenvalue weighted by Gasteiger charge is -2.11. The zero-order valence-corrected chi connectivity index (χ0v) is 11.7. The first-order chi connectivity index (χ1) is 8.74. The first-order valence-electron chi connectivity index (χ1n) is 5.84. The van der Waals surface area contributed by atoms with Crippen LogP contribution in [0.2, 0.25) is 0 Å². The number of hydrogen-bond donors (Lipinski definition) is 0. The van der Waals surface area contributed by atoms with E-state index in [-0.39, 0.29) is 11.6 Å². The van der Waals surface area contributed by atoms with Gasteiger partial charge in [-0.05, 0) is 35.7 Å². The van der Waals surface area contributed by atoms with Gasteiger partial charge in [-0.15, -0.1) is 0 Å². The van der Waals surface area contributed by atoms with Crippen LogP contribution in [0.25, 0.3) is 0 Å². The largest absolute Gasteiger partial charge is 0.454 e. The van der Waals surface area contributed by atoms with Gasteiger partial charge in [0.15, 0.2) is 11.6 Å². The van der Waals surface area contributed by atoms with Gasteiger partial charge in [-0.3, -0.25) is 0 Å². The van der Waals surface area contributed by atoms with Gasteiger partial charge in [-0.1, -0.05) is 47.1 Å². The highest BCUT2D eigenvalue weighted by Gasteiger charge is 2.08. The zero-order valence-electron chi connectivity index (χ0n) is 10.1. The second-order valence-corrected chi connectivity index (χ2v) is 4.52. The molecule has 0 fully saturated rings. The summed E-state index contributed by atoms with van der Waals surface area (Å²) in [5.74, 6) is 0.643. The lowest BCUT2D eigenvalue weighted by Crippen LogP contribution is -1.93. The first-order valence-corrected chi connectivity index (χ1v) is 6.97. The van der Waals surface area contributed by atoms with E-state index in [4.69, 9.17) is 4.74 Å². The maximum absolute atomic E-state index is 13.8. The van der Waals surface area contributed by atoms with Crippen molar-refractivity contribution in [1.82, 2.24) is 0 Å². The van der Waals surface area contributed by atoms with Crippen LogP contribution in [0.1, 0.15) is 18.1 Å². The minimum absolute atomic E-state index is 0.264. The summed E-state index contributed by atoms with van der Waals surface area (Å²) in [6.07, 6.45) is 0.858. The van der Waals surface area contributed by atoms with Crippen molar-refractivity contribution in [2.24, 2.45) is 0 Å². The van der Waals surface area contributed by atoms with E-state index in [1.54, 1.807) is 6.07 Å². The van der Waals surface area contributed by atoms with E-state index in [0.29, 0.717) is 11.1 Å². The molecule has 0 aromatic heterocycles. The van der Waals surface area contributed by atoms with Crippen molar-refractivity contribution in [3.8, 4) is 11.5 Å². The smallest absolute Gasteiger partial charge is 0.166 e. The van der Waals surface area contributed by atoms with Crippen molar-refractivity contribution in [3.05, 3.63) is 59.4 Å². The Morgan fingerprint density at radius 3 is 2.56 bits per heavy atom. The number of ether oxygens (including phenoxy) is 1. The molecule has 2 aromatic rings. The fourth-order valence-electron chi connectivity index (χ4n) is 1.72. The summed E-state index contributed by atoms with van der Waals surface area (Å²) >= 11 is 3.30. The molecule has 0 saturated heterocycles. The predicted octanol–water partition coefficient (Wildman–Crippen LogP) is 5.08. The van der Waals surface area contributed by atoms with Gasteiger partial charge in [-0.2, -0.15) is 0 Å². The Labute approximate surface area is 115 Å². The molecule has 0 spiro atoms. The third-order valence-corrected chi connectivity index (χ3v) is 3.37. The molecule has 18 heavy (non-hydrogen) atoms. The van der Waals surface area contributed by atoms with Gasteiger partial charge in [0, 0.05) is 5.33 Å². The van der Waals surface area contributed by atoms with E-state index in [0.717, 1.165) is 17.5 Å². The van der Waals surface area contributed by atoms with Gasteiger partial charge in [0.1, 0.15) is 5.75 Å². The van der Waals surface area contributed by atoms with E-state index in [9.17, 15) is 4.39 Å².